The SMILES string of the molecule is O=C1C2CC(c3ccc4c(c3)OCO4)NN2C=CN1Cc1ccc(Cl)cc1. The zero-order valence-electron chi connectivity index (χ0n) is 14.5. The van der Waals surface area contributed by atoms with Crippen LogP contribution in [-0.2, 0) is 11.3 Å². The van der Waals surface area contributed by atoms with Gasteiger partial charge in [0.1, 0.15) is 6.04 Å². The molecular formula is C20H18ClN3O3. The molecule has 0 spiro atoms. The van der Waals surface area contributed by atoms with Gasteiger partial charge in [0.15, 0.2) is 11.5 Å². The Balaban J connectivity index is 1.31. The average molecular weight is 384 g/mol. The van der Waals surface area contributed by atoms with Gasteiger partial charge in [0.2, 0.25) is 6.79 Å². The van der Waals surface area contributed by atoms with Gasteiger partial charge in [0, 0.05) is 17.4 Å². The van der Waals surface area contributed by atoms with Crippen molar-refractivity contribution in [3.63, 3.8) is 0 Å². The highest BCUT2D eigenvalue weighted by Gasteiger charge is 2.40. The predicted molar refractivity (Wildman–Crippen MR) is 99.8 cm³/mol. The second kappa shape index (κ2) is 6.48. The molecule has 2 atom stereocenters. The first-order valence-electron chi connectivity index (χ1n) is 8.85. The van der Waals surface area contributed by atoms with Crippen LogP contribution in [0.1, 0.15) is 23.6 Å². The van der Waals surface area contributed by atoms with Gasteiger partial charge in [-0.25, -0.2) is 5.43 Å². The van der Waals surface area contributed by atoms with E-state index in [-0.39, 0.29) is 24.8 Å². The number of hydrogen-bond acceptors (Lipinski definition) is 5. The van der Waals surface area contributed by atoms with Gasteiger partial charge in [-0.2, -0.15) is 0 Å². The van der Waals surface area contributed by atoms with E-state index in [0.29, 0.717) is 18.0 Å². The number of rotatable bonds is 3. The Morgan fingerprint density at radius 3 is 2.74 bits per heavy atom. The van der Waals surface area contributed by atoms with Crippen LogP contribution >= 0.6 is 11.6 Å². The van der Waals surface area contributed by atoms with E-state index in [1.165, 1.54) is 0 Å². The molecule has 0 radical (unpaired) electrons. The third-order valence-electron chi connectivity index (χ3n) is 5.14. The molecule has 6 nitrogen and oxygen atoms in total. The van der Waals surface area contributed by atoms with Gasteiger partial charge in [-0.1, -0.05) is 29.8 Å². The van der Waals surface area contributed by atoms with Crippen LogP contribution in [0.25, 0.3) is 0 Å². The minimum Gasteiger partial charge on any atom is -0.454 e. The number of halogens is 1. The average Bonchev–Trinajstić information content (AvgIpc) is 3.32. The monoisotopic (exact) mass is 383 g/mol. The number of hydrazine groups is 1. The van der Waals surface area contributed by atoms with E-state index in [9.17, 15) is 4.79 Å². The van der Waals surface area contributed by atoms with Crippen molar-refractivity contribution in [1.82, 2.24) is 15.3 Å². The second-order valence-corrected chi connectivity index (χ2v) is 7.28. The fourth-order valence-electron chi connectivity index (χ4n) is 3.70. The molecule has 0 aliphatic carbocycles. The molecule has 0 saturated carbocycles. The summed E-state index contributed by atoms with van der Waals surface area (Å²) in [5, 5.41) is 2.59. The maximum absolute atomic E-state index is 13.0. The first-order valence-corrected chi connectivity index (χ1v) is 9.22. The van der Waals surface area contributed by atoms with Crippen LogP contribution < -0.4 is 14.9 Å². The Hall–Kier alpha value is -2.70. The number of carbonyl (C=O) groups excluding carboxylic acids is 1. The van der Waals surface area contributed by atoms with Crippen LogP contribution in [0.2, 0.25) is 5.02 Å². The Morgan fingerprint density at radius 2 is 1.89 bits per heavy atom. The number of hydrogen-bond donors (Lipinski definition) is 1. The fraction of sp³-hybridized carbons (Fsp3) is 0.250. The van der Waals surface area contributed by atoms with Gasteiger partial charge in [0.25, 0.3) is 5.91 Å². The molecule has 5 rings (SSSR count). The number of nitrogens with zero attached hydrogens (tertiary/aromatic N) is 2. The molecule has 1 N–H and O–H groups in total. The lowest BCUT2D eigenvalue weighted by Gasteiger charge is -2.31. The van der Waals surface area contributed by atoms with E-state index in [1.807, 2.05) is 59.9 Å². The zero-order valence-corrected chi connectivity index (χ0v) is 15.2. The molecule has 2 unspecified atom stereocenters. The molecule has 3 aliphatic heterocycles. The number of ether oxygens (including phenoxy) is 2. The van der Waals surface area contributed by atoms with Crippen molar-refractivity contribution < 1.29 is 14.3 Å². The summed E-state index contributed by atoms with van der Waals surface area (Å²) in [7, 11) is 0. The summed E-state index contributed by atoms with van der Waals surface area (Å²) >= 11 is 5.94. The van der Waals surface area contributed by atoms with E-state index in [1.54, 1.807) is 4.90 Å². The van der Waals surface area contributed by atoms with Crippen molar-refractivity contribution in [1.29, 1.82) is 0 Å². The third kappa shape index (κ3) is 3.01. The van der Waals surface area contributed by atoms with Gasteiger partial charge in [0.05, 0.1) is 12.6 Å². The molecule has 138 valence electrons. The number of fused-ring (bicyclic) bond motifs is 2. The number of carbonyl (C=O) groups is 1. The predicted octanol–water partition coefficient (Wildman–Crippen LogP) is 3.20. The quantitative estimate of drug-likeness (QED) is 0.882. The molecule has 3 aliphatic rings. The highest BCUT2D eigenvalue weighted by molar-refractivity contribution is 6.30. The first kappa shape index (κ1) is 16.5. The highest BCUT2D eigenvalue weighted by Crippen LogP contribution is 2.37. The second-order valence-electron chi connectivity index (χ2n) is 6.84. The minimum absolute atomic E-state index is 0.0496. The molecule has 0 aromatic heterocycles. The molecule has 7 heteroatoms. The lowest BCUT2D eigenvalue weighted by Crippen LogP contribution is -2.47. The molecule has 2 aromatic rings. The standard InChI is InChI=1S/C20H18ClN3O3/c21-15-4-1-13(2-5-15)11-23-7-8-24-17(20(23)25)10-16(22-24)14-3-6-18-19(9-14)27-12-26-18/h1-9,16-17,22H,10-12H2. The summed E-state index contributed by atoms with van der Waals surface area (Å²) in [5.41, 5.74) is 5.54. The summed E-state index contributed by atoms with van der Waals surface area (Å²) in [6.07, 6.45) is 4.44. The summed E-state index contributed by atoms with van der Waals surface area (Å²) in [4.78, 5) is 14.7. The maximum Gasteiger partial charge on any atom is 0.251 e. The number of amides is 1. The summed E-state index contributed by atoms with van der Waals surface area (Å²) in [6.45, 7) is 0.790. The molecule has 2 aromatic carbocycles. The lowest BCUT2D eigenvalue weighted by molar-refractivity contribution is -0.134. The Labute approximate surface area is 161 Å². The minimum atomic E-state index is -0.224. The normalized spacial score (nSPS) is 23.1. The van der Waals surface area contributed by atoms with Gasteiger partial charge in [-0.15, -0.1) is 0 Å². The number of nitrogens with one attached hydrogen (secondary N) is 1. The molecule has 1 saturated heterocycles. The van der Waals surface area contributed by atoms with E-state index in [0.717, 1.165) is 22.6 Å². The van der Waals surface area contributed by atoms with Crippen LogP contribution in [0, 0.1) is 0 Å². The Morgan fingerprint density at radius 1 is 1.07 bits per heavy atom. The summed E-state index contributed by atoms with van der Waals surface area (Å²) < 4.78 is 10.8. The van der Waals surface area contributed by atoms with Crippen LogP contribution in [0.5, 0.6) is 11.5 Å². The largest absolute Gasteiger partial charge is 0.454 e. The van der Waals surface area contributed by atoms with Crippen molar-refractivity contribution in [3.8, 4) is 11.5 Å². The Kier molecular flexibility index (Phi) is 3.95. The van der Waals surface area contributed by atoms with Crippen LogP contribution in [0.3, 0.4) is 0 Å². The zero-order chi connectivity index (χ0) is 18.4. The topological polar surface area (TPSA) is 54.0 Å². The molecule has 1 fully saturated rings. The van der Waals surface area contributed by atoms with Crippen molar-refractivity contribution in [2.45, 2.75) is 25.0 Å². The van der Waals surface area contributed by atoms with Crippen molar-refractivity contribution in [2.24, 2.45) is 0 Å². The van der Waals surface area contributed by atoms with Crippen LogP contribution in [0.4, 0.5) is 0 Å². The third-order valence-corrected chi connectivity index (χ3v) is 5.39. The summed E-state index contributed by atoms with van der Waals surface area (Å²) in [6, 6.07) is 13.3. The van der Waals surface area contributed by atoms with Gasteiger partial charge >= 0.3 is 0 Å². The molecule has 27 heavy (non-hydrogen) atoms. The first-order chi connectivity index (χ1) is 13.2. The van der Waals surface area contributed by atoms with E-state index in [4.69, 9.17) is 21.1 Å². The van der Waals surface area contributed by atoms with Gasteiger partial charge in [-0.3, -0.25) is 4.79 Å². The molecule has 0 bridgehead atoms. The van der Waals surface area contributed by atoms with E-state index >= 15 is 0 Å². The van der Waals surface area contributed by atoms with Gasteiger partial charge < -0.3 is 19.4 Å². The van der Waals surface area contributed by atoms with Crippen molar-refractivity contribution in [3.05, 3.63) is 71.0 Å². The lowest BCUT2D eigenvalue weighted by atomic mass is 10.0. The van der Waals surface area contributed by atoms with Crippen LogP contribution in [-0.4, -0.2) is 28.7 Å². The molecule has 1 amide bonds. The highest BCUT2D eigenvalue weighted by atomic mass is 35.5. The van der Waals surface area contributed by atoms with Crippen LogP contribution in [0.15, 0.2) is 54.9 Å². The number of benzene rings is 2. The molecular weight excluding hydrogens is 366 g/mol. The van der Waals surface area contributed by atoms with E-state index < -0.39 is 0 Å². The fourth-order valence-corrected chi connectivity index (χ4v) is 3.83. The summed E-state index contributed by atoms with van der Waals surface area (Å²) in [5.74, 6) is 1.60. The Bertz CT molecular complexity index is 915. The maximum atomic E-state index is 13.0. The van der Waals surface area contributed by atoms with Gasteiger partial charge in [-0.05, 0) is 41.8 Å². The smallest absolute Gasteiger partial charge is 0.251 e. The van der Waals surface area contributed by atoms with Crippen molar-refractivity contribution in [2.75, 3.05) is 6.79 Å². The van der Waals surface area contributed by atoms with E-state index in [2.05, 4.69) is 5.43 Å². The van der Waals surface area contributed by atoms with Crippen molar-refractivity contribution >= 4 is 17.5 Å². The molecule has 3 heterocycles.